The largest absolute Gasteiger partial charge is 0.349 e. The van der Waals surface area contributed by atoms with Gasteiger partial charge >= 0.3 is 0 Å². The van der Waals surface area contributed by atoms with Crippen LogP contribution in [-0.4, -0.2) is 32.3 Å². The standard InChI is InChI=1S/C23H27N5O2S/c1-4-28-20(14-21(29)25-19-12-10-16(2)11-13-19)26-27-23(28)31-15-22(30)24-17(3)18-8-6-5-7-9-18/h5-13,17H,4,14-15H2,1-3H3,(H,24,30)(H,25,29). The molecule has 0 saturated carbocycles. The Hall–Kier alpha value is -3.13. The van der Waals surface area contributed by atoms with Crippen molar-refractivity contribution in [3.63, 3.8) is 0 Å². The minimum absolute atomic E-state index is 0.0700. The molecular weight excluding hydrogens is 410 g/mol. The lowest BCUT2D eigenvalue weighted by Gasteiger charge is -2.14. The molecule has 162 valence electrons. The molecule has 3 rings (SSSR count). The van der Waals surface area contributed by atoms with E-state index in [0.717, 1.165) is 16.8 Å². The molecule has 0 aliphatic heterocycles. The van der Waals surface area contributed by atoms with E-state index in [9.17, 15) is 9.59 Å². The molecule has 1 heterocycles. The average Bonchev–Trinajstić information content (AvgIpc) is 3.15. The fourth-order valence-corrected chi connectivity index (χ4v) is 3.93. The Kier molecular flexibility index (Phi) is 7.83. The van der Waals surface area contributed by atoms with Crippen molar-refractivity contribution in [3.05, 3.63) is 71.5 Å². The maximum absolute atomic E-state index is 12.4. The fourth-order valence-electron chi connectivity index (χ4n) is 3.10. The number of anilines is 1. The van der Waals surface area contributed by atoms with Crippen LogP contribution in [0.3, 0.4) is 0 Å². The summed E-state index contributed by atoms with van der Waals surface area (Å²) in [6.07, 6.45) is 0.118. The van der Waals surface area contributed by atoms with Gasteiger partial charge in [-0.1, -0.05) is 59.8 Å². The van der Waals surface area contributed by atoms with Crippen molar-refractivity contribution in [3.8, 4) is 0 Å². The number of rotatable bonds is 9. The number of benzene rings is 2. The molecule has 0 fully saturated rings. The molecule has 0 aliphatic carbocycles. The van der Waals surface area contributed by atoms with Crippen LogP contribution in [0.5, 0.6) is 0 Å². The van der Waals surface area contributed by atoms with Gasteiger partial charge in [-0.2, -0.15) is 0 Å². The molecule has 1 aromatic heterocycles. The van der Waals surface area contributed by atoms with E-state index in [1.807, 2.05) is 79.9 Å². The topological polar surface area (TPSA) is 88.9 Å². The summed E-state index contributed by atoms with van der Waals surface area (Å²) in [4.78, 5) is 24.8. The first-order valence-corrected chi connectivity index (χ1v) is 11.2. The molecule has 1 atom stereocenters. The summed E-state index contributed by atoms with van der Waals surface area (Å²) in [6, 6.07) is 17.4. The second-order valence-corrected chi connectivity index (χ2v) is 8.17. The lowest BCUT2D eigenvalue weighted by molar-refractivity contribution is -0.119. The Morgan fingerprint density at radius 3 is 2.42 bits per heavy atom. The Balaban J connectivity index is 1.55. The van der Waals surface area contributed by atoms with Crippen LogP contribution in [0, 0.1) is 6.92 Å². The van der Waals surface area contributed by atoms with Crippen LogP contribution in [-0.2, 0) is 22.6 Å². The summed E-state index contributed by atoms with van der Waals surface area (Å²) in [6.45, 7) is 6.53. The van der Waals surface area contributed by atoms with Crippen molar-refractivity contribution in [2.75, 3.05) is 11.1 Å². The van der Waals surface area contributed by atoms with E-state index in [4.69, 9.17) is 0 Å². The Labute approximate surface area is 186 Å². The van der Waals surface area contributed by atoms with E-state index in [2.05, 4.69) is 20.8 Å². The van der Waals surface area contributed by atoms with Gasteiger partial charge < -0.3 is 15.2 Å². The highest BCUT2D eigenvalue weighted by molar-refractivity contribution is 7.99. The lowest BCUT2D eigenvalue weighted by Crippen LogP contribution is -2.28. The molecule has 1 unspecified atom stereocenters. The van der Waals surface area contributed by atoms with Crippen LogP contribution in [0.15, 0.2) is 59.8 Å². The lowest BCUT2D eigenvalue weighted by atomic mass is 10.1. The molecule has 2 N–H and O–H groups in total. The van der Waals surface area contributed by atoms with E-state index in [-0.39, 0.29) is 30.0 Å². The normalized spacial score (nSPS) is 11.7. The van der Waals surface area contributed by atoms with Crippen LogP contribution in [0.2, 0.25) is 0 Å². The van der Waals surface area contributed by atoms with E-state index in [1.165, 1.54) is 11.8 Å². The van der Waals surface area contributed by atoms with Gasteiger partial charge in [-0.05, 0) is 38.5 Å². The molecule has 0 radical (unpaired) electrons. The smallest absolute Gasteiger partial charge is 0.232 e. The minimum atomic E-state index is -0.156. The summed E-state index contributed by atoms with van der Waals surface area (Å²) < 4.78 is 1.87. The van der Waals surface area contributed by atoms with Gasteiger partial charge in [0.1, 0.15) is 5.82 Å². The molecule has 8 heteroatoms. The third-order valence-corrected chi connectivity index (χ3v) is 5.74. The van der Waals surface area contributed by atoms with Gasteiger partial charge in [-0.25, -0.2) is 0 Å². The third-order valence-electron chi connectivity index (χ3n) is 4.77. The van der Waals surface area contributed by atoms with Gasteiger partial charge in [-0.3, -0.25) is 9.59 Å². The second kappa shape index (κ2) is 10.8. The van der Waals surface area contributed by atoms with Crippen molar-refractivity contribution in [2.24, 2.45) is 0 Å². The zero-order chi connectivity index (χ0) is 22.2. The van der Waals surface area contributed by atoms with Crippen molar-refractivity contribution in [1.29, 1.82) is 0 Å². The SMILES string of the molecule is CCn1c(CC(=O)Nc2ccc(C)cc2)nnc1SCC(=O)NC(C)c1ccccc1. The Morgan fingerprint density at radius 2 is 1.74 bits per heavy atom. The Morgan fingerprint density at radius 1 is 1.03 bits per heavy atom. The quantitative estimate of drug-likeness (QED) is 0.498. The van der Waals surface area contributed by atoms with Crippen LogP contribution in [0.4, 0.5) is 5.69 Å². The van der Waals surface area contributed by atoms with Crippen LogP contribution < -0.4 is 10.6 Å². The van der Waals surface area contributed by atoms with Crippen molar-refractivity contribution in [2.45, 2.75) is 44.9 Å². The van der Waals surface area contributed by atoms with Gasteiger partial charge in [-0.15, -0.1) is 10.2 Å². The second-order valence-electron chi connectivity index (χ2n) is 7.22. The molecule has 2 aromatic carbocycles. The zero-order valence-electron chi connectivity index (χ0n) is 18.0. The van der Waals surface area contributed by atoms with E-state index < -0.39 is 0 Å². The Bertz CT molecular complexity index is 1020. The van der Waals surface area contributed by atoms with Crippen LogP contribution >= 0.6 is 11.8 Å². The highest BCUT2D eigenvalue weighted by atomic mass is 32.2. The molecule has 7 nitrogen and oxygen atoms in total. The molecule has 0 spiro atoms. The molecule has 3 aromatic rings. The van der Waals surface area contributed by atoms with Gasteiger partial charge in [0.2, 0.25) is 11.8 Å². The first kappa shape index (κ1) is 22.6. The van der Waals surface area contributed by atoms with Crippen molar-refractivity contribution in [1.82, 2.24) is 20.1 Å². The number of hydrogen-bond acceptors (Lipinski definition) is 5. The number of amides is 2. The predicted octanol–water partition coefficient (Wildman–Crippen LogP) is 3.76. The van der Waals surface area contributed by atoms with E-state index >= 15 is 0 Å². The van der Waals surface area contributed by atoms with Gasteiger partial charge in [0.05, 0.1) is 18.2 Å². The molecular formula is C23H27N5O2S. The van der Waals surface area contributed by atoms with Crippen LogP contribution in [0.1, 0.15) is 36.8 Å². The average molecular weight is 438 g/mol. The van der Waals surface area contributed by atoms with Crippen molar-refractivity contribution >= 4 is 29.3 Å². The minimum Gasteiger partial charge on any atom is -0.349 e. The molecule has 0 bridgehead atoms. The maximum atomic E-state index is 12.4. The summed E-state index contributed by atoms with van der Waals surface area (Å²) in [5, 5.41) is 14.8. The summed E-state index contributed by atoms with van der Waals surface area (Å²) in [7, 11) is 0. The number of thioether (sulfide) groups is 1. The van der Waals surface area contributed by atoms with Gasteiger partial charge in [0, 0.05) is 12.2 Å². The monoisotopic (exact) mass is 437 g/mol. The van der Waals surface area contributed by atoms with Crippen molar-refractivity contribution < 1.29 is 9.59 Å². The zero-order valence-corrected chi connectivity index (χ0v) is 18.8. The van der Waals surface area contributed by atoms with E-state index in [0.29, 0.717) is 17.5 Å². The number of hydrogen-bond donors (Lipinski definition) is 2. The highest BCUT2D eigenvalue weighted by Crippen LogP contribution is 2.19. The molecule has 2 amide bonds. The van der Waals surface area contributed by atoms with Crippen LogP contribution in [0.25, 0.3) is 0 Å². The van der Waals surface area contributed by atoms with Gasteiger partial charge in [0.15, 0.2) is 5.16 Å². The maximum Gasteiger partial charge on any atom is 0.232 e. The first-order valence-electron chi connectivity index (χ1n) is 10.2. The number of aromatic nitrogens is 3. The molecule has 31 heavy (non-hydrogen) atoms. The first-order chi connectivity index (χ1) is 15.0. The number of nitrogens with zero attached hydrogens (tertiary/aromatic N) is 3. The summed E-state index contributed by atoms with van der Waals surface area (Å²) in [5.74, 6) is 0.570. The number of nitrogens with one attached hydrogen (secondary N) is 2. The number of aryl methyl sites for hydroxylation is 1. The van der Waals surface area contributed by atoms with E-state index in [1.54, 1.807) is 0 Å². The molecule has 0 saturated heterocycles. The number of carbonyl (C=O) groups excluding carboxylic acids is 2. The summed E-state index contributed by atoms with van der Waals surface area (Å²) >= 11 is 1.32. The predicted molar refractivity (Wildman–Crippen MR) is 123 cm³/mol. The highest BCUT2D eigenvalue weighted by Gasteiger charge is 2.17. The number of carbonyl (C=O) groups is 2. The molecule has 0 aliphatic rings. The van der Waals surface area contributed by atoms with Gasteiger partial charge in [0.25, 0.3) is 0 Å². The fraction of sp³-hybridized carbons (Fsp3) is 0.304. The third kappa shape index (κ3) is 6.42. The summed E-state index contributed by atoms with van der Waals surface area (Å²) in [5.41, 5.74) is 2.93.